The van der Waals surface area contributed by atoms with Crippen LogP contribution in [-0.2, 0) is 5.54 Å². The summed E-state index contributed by atoms with van der Waals surface area (Å²) in [6.07, 6.45) is 0. The van der Waals surface area contributed by atoms with Gasteiger partial charge in [-0.1, -0.05) is 91.0 Å². The number of aliphatic imine (C=N–C) groups is 1. The van der Waals surface area contributed by atoms with Gasteiger partial charge in [0.15, 0.2) is 0 Å². The molecule has 1 nitrogen and oxygen atoms in total. The second-order valence-corrected chi connectivity index (χ2v) is 5.94. The molecule has 0 aliphatic heterocycles. The maximum Gasteiger partial charge on any atom is 0.148 e. The van der Waals surface area contributed by atoms with Crippen LogP contribution in [0.2, 0.25) is 0 Å². The van der Waals surface area contributed by atoms with E-state index >= 15 is 0 Å². The molecule has 0 heterocycles. The molecule has 0 bridgehead atoms. The van der Waals surface area contributed by atoms with E-state index in [9.17, 15) is 0 Å². The number of isothiocyanates is 1. The molecule has 3 aromatic rings. The number of hydrogen-bond donors (Lipinski definition) is 0. The third kappa shape index (κ3) is 2.25. The summed E-state index contributed by atoms with van der Waals surface area (Å²) in [6, 6.07) is 31.1. The second kappa shape index (κ2) is 6.01. The third-order valence-electron chi connectivity index (χ3n) is 4.44. The first-order valence-electron chi connectivity index (χ1n) is 7.88. The minimum absolute atomic E-state index is 0.522. The van der Waals surface area contributed by atoms with Crippen molar-refractivity contribution in [3.05, 3.63) is 108 Å². The molecule has 1 aliphatic carbocycles. The van der Waals surface area contributed by atoms with Gasteiger partial charge >= 0.3 is 0 Å². The molecule has 0 atom stereocenters. The standard InChI is InChI=1S/C22H15NS/c24-16-23-22(19-14-8-3-9-15-19)20(17-10-4-1-5-11-17)21(22)18-12-6-2-7-13-18/h1-15H. The van der Waals surface area contributed by atoms with Crippen molar-refractivity contribution in [2.75, 3.05) is 0 Å². The molecule has 0 amide bonds. The summed E-state index contributed by atoms with van der Waals surface area (Å²) in [5.41, 5.74) is 5.37. The first-order chi connectivity index (χ1) is 11.9. The fraction of sp³-hybridized carbons (Fsp3) is 0.0455. The molecule has 3 aromatic carbocycles. The van der Waals surface area contributed by atoms with Crippen LogP contribution in [0.3, 0.4) is 0 Å². The van der Waals surface area contributed by atoms with Crippen molar-refractivity contribution in [3.8, 4) is 0 Å². The van der Waals surface area contributed by atoms with Gasteiger partial charge in [-0.2, -0.15) is 0 Å². The highest BCUT2D eigenvalue weighted by molar-refractivity contribution is 7.78. The lowest BCUT2D eigenvalue weighted by Gasteiger charge is -2.15. The van der Waals surface area contributed by atoms with Crippen molar-refractivity contribution in [1.82, 2.24) is 0 Å². The van der Waals surface area contributed by atoms with Gasteiger partial charge in [0.1, 0.15) is 5.54 Å². The lowest BCUT2D eigenvalue weighted by atomic mass is 9.94. The molecule has 0 aromatic heterocycles. The monoisotopic (exact) mass is 325 g/mol. The van der Waals surface area contributed by atoms with E-state index in [0.717, 1.165) is 5.56 Å². The fourth-order valence-corrected chi connectivity index (χ4v) is 3.54. The zero-order chi connectivity index (χ0) is 16.4. The Labute approximate surface area is 147 Å². The Bertz CT molecular complexity index is 888. The SMILES string of the molecule is S=C=NC1(c2ccccc2)C(c2ccccc2)=C1c1ccccc1. The molecule has 0 spiro atoms. The minimum atomic E-state index is -0.522. The van der Waals surface area contributed by atoms with Crippen molar-refractivity contribution in [3.63, 3.8) is 0 Å². The summed E-state index contributed by atoms with van der Waals surface area (Å²) in [6.45, 7) is 0. The fourth-order valence-electron chi connectivity index (χ4n) is 3.40. The van der Waals surface area contributed by atoms with Gasteiger partial charge in [0.2, 0.25) is 0 Å². The molecule has 114 valence electrons. The van der Waals surface area contributed by atoms with Gasteiger partial charge in [0.25, 0.3) is 0 Å². The number of nitrogens with zero attached hydrogens (tertiary/aromatic N) is 1. The summed E-state index contributed by atoms with van der Waals surface area (Å²) in [7, 11) is 0. The van der Waals surface area contributed by atoms with E-state index in [1.165, 1.54) is 22.3 Å². The zero-order valence-corrected chi connectivity index (χ0v) is 13.8. The van der Waals surface area contributed by atoms with Crippen LogP contribution in [0.1, 0.15) is 16.7 Å². The molecule has 0 radical (unpaired) electrons. The lowest BCUT2D eigenvalue weighted by Crippen LogP contribution is -2.09. The second-order valence-electron chi connectivity index (χ2n) is 5.76. The lowest BCUT2D eigenvalue weighted by molar-refractivity contribution is 0.853. The highest BCUT2D eigenvalue weighted by Gasteiger charge is 2.56. The number of rotatable bonds is 4. The van der Waals surface area contributed by atoms with Crippen LogP contribution in [0.5, 0.6) is 0 Å². The molecule has 0 N–H and O–H groups in total. The summed E-state index contributed by atoms with van der Waals surface area (Å²) >= 11 is 5.00. The van der Waals surface area contributed by atoms with Crippen molar-refractivity contribution >= 4 is 28.5 Å². The van der Waals surface area contributed by atoms with Gasteiger partial charge in [-0.15, -0.1) is 0 Å². The van der Waals surface area contributed by atoms with Crippen molar-refractivity contribution in [2.45, 2.75) is 5.54 Å². The van der Waals surface area contributed by atoms with E-state index in [-0.39, 0.29) is 0 Å². The maximum atomic E-state index is 5.00. The summed E-state index contributed by atoms with van der Waals surface area (Å²) in [4.78, 5) is 4.64. The first kappa shape index (κ1) is 14.8. The topological polar surface area (TPSA) is 12.4 Å². The van der Waals surface area contributed by atoms with Crippen molar-refractivity contribution in [1.29, 1.82) is 0 Å². The largest absolute Gasteiger partial charge is 0.211 e. The Morgan fingerprint density at radius 2 is 1.04 bits per heavy atom. The Hall–Kier alpha value is -2.80. The van der Waals surface area contributed by atoms with Crippen LogP contribution in [-0.4, -0.2) is 5.16 Å². The highest BCUT2D eigenvalue weighted by Crippen LogP contribution is 2.65. The Morgan fingerprint density at radius 1 is 0.625 bits per heavy atom. The van der Waals surface area contributed by atoms with Gasteiger partial charge in [-0.25, -0.2) is 4.99 Å². The predicted molar refractivity (Wildman–Crippen MR) is 103 cm³/mol. The Kier molecular flexibility index (Phi) is 3.70. The van der Waals surface area contributed by atoms with Crippen LogP contribution in [0.4, 0.5) is 0 Å². The molecular formula is C22H15NS. The normalized spacial score (nSPS) is 14.8. The quantitative estimate of drug-likeness (QED) is 0.448. The van der Waals surface area contributed by atoms with Crippen LogP contribution in [0, 0.1) is 0 Å². The smallest absolute Gasteiger partial charge is 0.148 e. The first-order valence-corrected chi connectivity index (χ1v) is 8.29. The van der Waals surface area contributed by atoms with Gasteiger partial charge in [-0.05, 0) is 28.9 Å². The number of benzene rings is 3. The molecular weight excluding hydrogens is 310 g/mol. The zero-order valence-electron chi connectivity index (χ0n) is 13.0. The van der Waals surface area contributed by atoms with Crippen molar-refractivity contribution < 1.29 is 0 Å². The molecule has 4 rings (SSSR count). The summed E-state index contributed by atoms with van der Waals surface area (Å²) in [5.74, 6) is 0. The van der Waals surface area contributed by atoms with Crippen LogP contribution in [0.15, 0.2) is 96.0 Å². The molecule has 0 saturated carbocycles. The average molecular weight is 325 g/mol. The van der Waals surface area contributed by atoms with Gasteiger partial charge in [0, 0.05) is 11.1 Å². The molecule has 24 heavy (non-hydrogen) atoms. The van der Waals surface area contributed by atoms with Gasteiger partial charge in [-0.3, -0.25) is 0 Å². The van der Waals surface area contributed by atoms with E-state index in [4.69, 9.17) is 12.2 Å². The summed E-state index contributed by atoms with van der Waals surface area (Å²) < 4.78 is 0. The van der Waals surface area contributed by atoms with E-state index in [2.05, 4.69) is 70.8 Å². The minimum Gasteiger partial charge on any atom is -0.211 e. The molecule has 2 heteroatoms. The predicted octanol–water partition coefficient (Wildman–Crippen LogP) is 5.61. The van der Waals surface area contributed by atoms with Gasteiger partial charge < -0.3 is 0 Å². The Balaban J connectivity index is 1.96. The van der Waals surface area contributed by atoms with E-state index in [0.29, 0.717) is 0 Å². The van der Waals surface area contributed by atoms with E-state index in [1.807, 2.05) is 30.3 Å². The highest BCUT2D eigenvalue weighted by atomic mass is 32.1. The number of thiocarbonyl (C=S) groups is 1. The summed E-state index contributed by atoms with van der Waals surface area (Å²) in [5, 5.41) is 2.64. The van der Waals surface area contributed by atoms with Gasteiger partial charge in [0.05, 0.1) is 5.16 Å². The maximum absolute atomic E-state index is 5.00. The average Bonchev–Trinajstić information content (AvgIpc) is 3.34. The van der Waals surface area contributed by atoms with E-state index < -0.39 is 5.54 Å². The van der Waals surface area contributed by atoms with E-state index in [1.54, 1.807) is 0 Å². The molecule has 1 aliphatic rings. The molecule has 0 saturated heterocycles. The Morgan fingerprint density at radius 3 is 1.46 bits per heavy atom. The van der Waals surface area contributed by atoms with Crippen LogP contribution < -0.4 is 0 Å². The molecule has 0 unspecified atom stereocenters. The number of hydrogen-bond acceptors (Lipinski definition) is 2. The van der Waals surface area contributed by atoms with Crippen LogP contribution >= 0.6 is 12.2 Å². The van der Waals surface area contributed by atoms with Crippen molar-refractivity contribution in [2.24, 2.45) is 4.99 Å². The van der Waals surface area contributed by atoms with Crippen LogP contribution in [0.25, 0.3) is 11.1 Å². The third-order valence-corrected chi connectivity index (χ3v) is 4.53. The molecule has 0 fully saturated rings.